The fourth-order valence-corrected chi connectivity index (χ4v) is 6.68. The van der Waals surface area contributed by atoms with Gasteiger partial charge in [-0.05, 0) is 56.5 Å². The summed E-state index contributed by atoms with van der Waals surface area (Å²) in [6.45, 7) is 1.03. The number of fused-ring (bicyclic) bond motifs is 4. The smallest absolute Gasteiger partial charge is 0.489 e. The predicted molar refractivity (Wildman–Crippen MR) is 200 cm³/mol. The first-order valence-electron chi connectivity index (χ1n) is 16.3. The van der Waals surface area contributed by atoms with Crippen LogP contribution < -0.4 is 10.2 Å². The first kappa shape index (κ1) is 31.7. The van der Waals surface area contributed by atoms with Crippen molar-refractivity contribution in [2.75, 3.05) is 6.61 Å². The molecule has 0 saturated heterocycles. The Balaban J connectivity index is 0.000000244. The molecular weight excluding hydrogens is 609 g/mol. The number of hydrogen-bond acceptors (Lipinski definition) is 4. The molecule has 0 spiro atoms. The van der Waals surface area contributed by atoms with E-state index >= 15 is 0 Å². The van der Waals surface area contributed by atoms with Gasteiger partial charge in [0.25, 0.3) is 0 Å². The van der Waals surface area contributed by atoms with Crippen molar-refractivity contribution in [1.82, 2.24) is 4.57 Å². The van der Waals surface area contributed by atoms with Gasteiger partial charge in [-0.25, -0.2) is 4.79 Å². The van der Waals surface area contributed by atoms with Crippen LogP contribution in [-0.2, 0) is 6.54 Å². The van der Waals surface area contributed by atoms with Crippen LogP contribution >= 0.6 is 0 Å². The molecular formula is C42H34BNO5. The van der Waals surface area contributed by atoms with Gasteiger partial charge in [-0.2, -0.15) is 0 Å². The van der Waals surface area contributed by atoms with Crippen LogP contribution in [0.1, 0.15) is 16.9 Å². The number of hydrogen-bond donors (Lipinski definition) is 3. The van der Waals surface area contributed by atoms with E-state index in [1.807, 2.05) is 114 Å². The summed E-state index contributed by atoms with van der Waals surface area (Å²) in [5.41, 5.74) is 3.50. The van der Waals surface area contributed by atoms with E-state index in [9.17, 15) is 9.90 Å². The molecule has 0 aliphatic carbocycles. The van der Waals surface area contributed by atoms with Gasteiger partial charge in [0.1, 0.15) is 11.4 Å². The van der Waals surface area contributed by atoms with Crippen LogP contribution in [0, 0.1) is 0 Å². The molecule has 0 amide bonds. The molecule has 0 saturated carbocycles. The maximum Gasteiger partial charge on any atom is 0.489 e. The van der Waals surface area contributed by atoms with Crippen LogP contribution in [0.15, 0.2) is 152 Å². The number of ether oxygens (including phenoxy) is 1. The van der Waals surface area contributed by atoms with Gasteiger partial charge >= 0.3 is 13.1 Å². The molecule has 0 radical (unpaired) electrons. The van der Waals surface area contributed by atoms with Gasteiger partial charge in [0.05, 0.1) is 6.61 Å². The fraction of sp³-hybridized carbons (Fsp3) is 0.0714. The van der Waals surface area contributed by atoms with Crippen LogP contribution in [0.4, 0.5) is 0 Å². The molecule has 8 rings (SSSR count). The summed E-state index contributed by atoms with van der Waals surface area (Å²) in [5, 5.41) is 35.7. The average molecular weight is 644 g/mol. The zero-order valence-electron chi connectivity index (χ0n) is 26.7. The number of benzene rings is 7. The molecule has 0 bridgehead atoms. The van der Waals surface area contributed by atoms with E-state index in [1.54, 1.807) is 6.07 Å². The van der Waals surface area contributed by atoms with E-state index in [2.05, 4.69) is 36.4 Å². The van der Waals surface area contributed by atoms with Gasteiger partial charge in [-0.15, -0.1) is 0 Å². The zero-order valence-corrected chi connectivity index (χ0v) is 26.7. The van der Waals surface area contributed by atoms with E-state index in [1.165, 1.54) is 0 Å². The molecule has 1 aromatic heterocycles. The molecule has 0 aliphatic rings. The third kappa shape index (κ3) is 6.37. The Morgan fingerprint density at radius 3 is 1.82 bits per heavy atom. The Labute approximate surface area is 284 Å². The monoisotopic (exact) mass is 643 g/mol. The van der Waals surface area contributed by atoms with Crippen molar-refractivity contribution >= 4 is 61.8 Å². The lowest BCUT2D eigenvalue weighted by Crippen LogP contribution is -2.30. The number of aryl methyl sites for hydroxylation is 1. The number of carbonyl (C=O) groups is 1. The molecule has 0 fully saturated rings. The number of aromatic carboxylic acids is 1. The van der Waals surface area contributed by atoms with E-state index in [0.717, 1.165) is 60.1 Å². The van der Waals surface area contributed by atoms with Crippen molar-refractivity contribution < 1.29 is 24.7 Å². The maximum absolute atomic E-state index is 12.7. The zero-order chi connectivity index (χ0) is 33.7. The molecule has 7 heteroatoms. The van der Waals surface area contributed by atoms with Crippen LogP contribution in [0.25, 0.3) is 54.3 Å². The molecule has 0 unspecified atom stereocenters. The van der Waals surface area contributed by atoms with Crippen LogP contribution in [0.2, 0.25) is 0 Å². The van der Waals surface area contributed by atoms with Crippen LogP contribution in [0.5, 0.6) is 5.75 Å². The van der Waals surface area contributed by atoms with Crippen LogP contribution in [-0.4, -0.2) is 39.4 Å². The van der Waals surface area contributed by atoms with E-state index in [0.29, 0.717) is 30.7 Å². The van der Waals surface area contributed by atoms with Gasteiger partial charge in [-0.1, -0.05) is 140 Å². The summed E-state index contributed by atoms with van der Waals surface area (Å²) >= 11 is 0. The van der Waals surface area contributed by atoms with Crippen molar-refractivity contribution in [1.29, 1.82) is 0 Å². The molecule has 8 aromatic rings. The van der Waals surface area contributed by atoms with Crippen molar-refractivity contribution in [3.63, 3.8) is 0 Å². The molecule has 0 aliphatic heterocycles. The molecule has 7 aromatic carbocycles. The maximum atomic E-state index is 12.7. The minimum atomic E-state index is -1.40. The third-order valence-electron chi connectivity index (χ3n) is 8.87. The predicted octanol–water partition coefficient (Wildman–Crippen LogP) is 8.30. The number of carboxylic acid groups (broad SMARTS) is 1. The van der Waals surface area contributed by atoms with Crippen molar-refractivity contribution in [2.24, 2.45) is 0 Å². The van der Waals surface area contributed by atoms with E-state index < -0.39 is 13.1 Å². The molecule has 0 atom stereocenters. The minimum absolute atomic E-state index is 0.317. The lowest BCUT2D eigenvalue weighted by Gasteiger charge is -2.12. The number of carboxylic acids is 1. The number of para-hydroxylation sites is 1. The van der Waals surface area contributed by atoms with Crippen molar-refractivity contribution in [3.05, 3.63) is 157 Å². The summed E-state index contributed by atoms with van der Waals surface area (Å²) < 4.78 is 8.07. The second-order valence-corrected chi connectivity index (χ2v) is 11.8. The second-order valence-electron chi connectivity index (χ2n) is 11.8. The van der Waals surface area contributed by atoms with Crippen molar-refractivity contribution in [3.8, 4) is 16.9 Å². The van der Waals surface area contributed by atoms with Gasteiger partial charge < -0.3 is 24.5 Å². The summed E-state index contributed by atoms with van der Waals surface area (Å²) in [4.78, 5) is 12.7. The van der Waals surface area contributed by atoms with Crippen LogP contribution in [0.3, 0.4) is 0 Å². The first-order valence-corrected chi connectivity index (χ1v) is 16.3. The van der Waals surface area contributed by atoms with E-state index in [-0.39, 0.29) is 0 Å². The lowest BCUT2D eigenvalue weighted by atomic mass is 9.77. The topological polar surface area (TPSA) is 91.9 Å². The molecule has 49 heavy (non-hydrogen) atoms. The molecule has 6 nitrogen and oxygen atoms in total. The quantitative estimate of drug-likeness (QED) is 0.115. The fourth-order valence-electron chi connectivity index (χ4n) is 6.68. The lowest BCUT2D eigenvalue weighted by molar-refractivity contribution is 0.0686. The highest BCUT2D eigenvalue weighted by molar-refractivity contribution is 6.61. The summed E-state index contributed by atoms with van der Waals surface area (Å²) in [7, 11) is -1.40. The van der Waals surface area contributed by atoms with Crippen molar-refractivity contribution in [2.45, 2.75) is 13.0 Å². The van der Waals surface area contributed by atoms with Gasteiger partial charge in [0, 0.05) is 28.4 Å². The Morgan fingerprint density at radius 2 is 1.12 bits per heavy atom. The SMILES string of the molecule is O=C(O)c1c(-c2cccc3ccccc23)c2ccccc2n1CCCOc1cccc2ccccc12.OB(O)c1cccc2ccccc12. The number of aromatic nitrogens is 1. The number of nitrogens with zero attached hydrogens (tertiary/aromatic N) is 1. The average Bonchev–Trinajstić information content (AvgIpc) is 3.47. The number of rotatable bonds is 8. The third-order valence-corrected chi connectivity index (χ3v) is 8.87. The largest absolute Gasteiger partial charge is 0.493 e. The van der Waals surface area contributed by atoms with Gasteiger partial charge in [0.15, 0.2) is 0 Å². The first-order chi connectivity index (χ1) is 24.0. The molecule has 1 heterocycles. The standard InChI is InChI=1S/C32H25NO3.C10H9BO2/c34-32(35)31-30(26-17-7-12-22-10-1-3-14-24(22)26)27-16-5-6-18-28(27)33(31)20-9-21-36-29-19-8-13-23-11-2-4-15-25(23)29;12-11(13)10-7-3-5-8-4-1-2-6-9(8)10/h1-8,10-19H,9,20-21H2,(H,34,35);1-7,12-13H. The highest BCUT2D eigenvalue weighted by atomic mass is 16.5. The van der Waals surface area contributed by atoms with Gasteiger partial charge in [0.2, 0.25) is 0 Å². The van der Waals surface area contributed by atoms with E-state index in [4.69, 9.17) is 14.8 Å². The second kappa shape index (κ2) is 14.1. The molecule has 3 N–H and O–H groups in total. The Kier molecular flexibility index (Phi) is 9.11. The van der Waals surface area contributed by atoms with Gasteiger partial charge in [-0.3, -0.25) is 0 Å². The normalized spacial score (nSPS) is 11.1. The minimum Gasteiger partial charge on any atom is -0.493 e. The Bertz CT molecular complexity index is 2420. The Morgan fingerprint density at radius 1 is 0.592 bits per heavy atom. The summed E-state index contributed by atoms with van der Waals surface area (Å²) in [5.74, 6) is -0.0792. The summed E-state index contributed by atoms with van der Waals surface area (Å²) in [6, 6.07) is 49.5. The summed E-state index contributed by atoms with van der Waals surface area (Å²) in [6.07, 6.45) is 0.678. The Hall–Kier alpha value is -5.89. The highest BCUT2D eigenvalue weighted by Gasteiger charge is 2.24. The molecule has 240 valence electrons. The highest BCUT2D eigenvalue weighted by Crippen LogP contribution is 2.39.